The van der Waals surface area contributed by atoms with Gasteiger partial charge in [0.15, 0.2) is 0 Å². The summed E-state index contributed by atoms with van der Waals surface area (Å²) < 4.78 is 5.89. The molecule has 0 radical (unpaired) electrons. The van der Waals surface area contributed by atoms with Gasteiger partial charge in [-0.3, -0.25) is 0 Å². The van der Waals surface area contributed by atoms with Crippen molar-refractivity contribution in [1.82, 2.24) is 0 Å². The summed E-state index contributed by atoms with van der Waals surface area (Å²) in [6.45, 7) is 0. The normalized spacial score (nSPS) is 25.7. The summed E-state index contributed by atoms with van der Waals surface area (Å²) in [5, 5.41) is 0. The lowest BCUT2D eigenvalue weighted by atomic mass is 9.84. The molecular formula is C16H26O3. The number of ether oxygens (including phenoxy) is 1. The van der Waals surface area contributed by atoms with Crippen LogP contribution >= 0.6 is 0 Å². The number of carbonyl (C=O) groups is 2. The van der Waals surface area contributed by atoms with Crippen LogP contribution in [0.25, 0.3) is 0 Å². The van der Waals surface area contributed by atoms with Gasteiger partial charge in [0.25, 0.3) is 0 Å². The molecule has 2 rings (SSSR count). The lowest BCUT2D eigenvalue weighted by Crippen LogP contribution is -2.36. The van der Waals surface area contributed by atoms with E-state index >= 15 is 0 Å². The summed E-state index contributed by atoms with van der Waals surface area (Å²) in [7, 11) is 0. The Hall–Kier alpha value is -0.700. The third-order valence-corrected chi connectivity index (χ3v) is 4.81. The van der Waals surface area contributed by atoms with Crippen molar-refractivity contribution < 1.29 is 14.3 Å². The van der Waals surface area contributed by atoms with E-state index in [0.29, 0.717) is 11.8 Å². The summed E-state index contributed by atoms with van der Waals surface area (Å²) in [6, 6.07) is 0. The monoisotopic (exact) mass is 266 g/mol. The average Bonchev–Trinajstić information content (AvgIpc) is 2.50. The topological polar surface area (TPSA) is 43.4 Å². The molecule has 2 fully saturated rings. The van der Waals surface area contributed by atoms with Crippen molar-refractivity contribution in [2.45, 2.75) is 76.4 Å². The summed E-state index contributed by atoms with van der Waals surface area (Å²) in [4.78, 5) is 22.6. The van der Waals surface area contributed by atoms with Crippen molar-refractivity contribution in [3.63, 3.8) is 0 Å². The van der Waals surface area contributed by atoms with E-state index < -0.39 is 0 Å². The number of carbonyl (C=O) groups excluding carboxylic acids is 2. The average molecular weight is 266 g/mol. The summed E-state index contributed by atoms with van der Waals surface area (Å²) >= 11 is 0. The number of hydrogen-bond donors (Lipinski definition) is 0. The molecule has 0 N–H and O–H groups in total. The van der Waals surface area contributed by atoms with Crippen molar-refractivity contribution in [3.05, 3.63) is 0 Å². The minimum absolute atomic E-state index is 0.331. The highest BCUT2D eigenvalue weighted by atomic mass is 16.5. The van der Waals surface area contributed by atoms with Crippen LogP contribution in [0.15, 0.2) is 0 Å². The van der Waals surface area contributed by atoms with Gasteiger partial charge in [-0.25, -0.2) is 0 Å². The Labute approximate surface area is 116 Å². The van der Waals surface area contributed by atoms with E-state index in [2.05, 4.69) is 0 Å². The highest BCUT2D eigenvalue weighted by molar-refractivity contribution is 5.60. The Morgan fingerprint density at radius 1 is 0.684 bits per heavy atom. The number of rotatable bonds is 6. The van der Waals surface area contributed by atoms with Crippen LogP contribution in [0.1, 0.15) is 64.2 Å². The van der Waals surface area contributed by atoms with Crippen molar-refractivity contribution >= 4 is 12.6 Å². The van der Waals surface area contributed by atoms with Gasteiger partial charge in [-0.15, -0.1) is 0 Å². The van der Waals surface area contributed by atoms with E-state index in [1.165, 1.54) is 38.5 Å². The van der Waals surface area contributed by atoms with Crippen LogP contribution in [-0.4, -0.2) is 24.8 Å². The Balaban J connectivity index is 1.90. The maximum Gasteiger partial charge on any atom is 0.149 e. The van der Waals surface area contributed by atoms with Crippen LogP contribution in [0.4, 0.5) is 0 Å². The molecule has 0 aromatic rings. The largest absolute Gasteiger partial charge is 0.359 e. The third-order valence-electron chi connectivity index (χ3n) is 4.81. The van der Waals surface area contributed by atoms with Crippen molar-refractivity contribution in [2.75, 3.05) is 0 Å². The molecule has 2 saturated carbocycles. The number of aldehydes is 2. The fraction of sp³-hybridized carbons (Fsp3) is 0.875. The van der Waals surface area contributed by atoms with E-state index in [1.807, 2.05) is 0 Å². The second-order valence-corrected chi connectivity index (χ2v) is 6.13. The van der Waals surface area contributed by atoms with Crippen LogP contribution in [-0.2, 0) is 14.3 Å². The van der Waals surface area contributed by atoms with Crippen LogP contribution in [0.3, 0.4) is 0 Å². The molecule has 3 heteroatoms. The minimum atomic E-state index is -0.363. The smallest absolute Gasteiger partial charge is 0.149 e. The molecular weight excluding hydrogens is 240 g/mol. The van der Waals surface area contributed by atoms with E-state index in [9.17, 15) is 9.59 Å². The van der Waals surface area contributed by atoms with Gasteiger partial charge in [0.1, 0.15) is 24.8 Å². The summed E-state index contributed by atoms with van der Waals surface area (Å²) in [6.07, 6.45) is 12.7. The molecule has 3 nitrogen and oxygen atoms in total. The Morgan fingerprint density at radius 3 is 1.37 bits per heavy atom. The molecule has 2 atom stereocenters. The van der Waals surface area contributed by atoms with Crippen LogP contribution in [0.5, 0.6) is 0 Å². The van der Waals surface area contributed by atoms with Crippen LogP contribution in [0.2, 0.25) is 0 Å². The molecule has 0 spiro atoms. The Morgan fingerprint density at radius 2 is 1.05 bits per heavy atom. The van der Waals surface area contributed by atoms with E-state index in [4.69, 9.17) is 4.74 Å². The summed E-state index contributed by atoms with van der Waals surface area (Å²) in [5.74, 6) is 0.662. The second kappa shape index (κ2) is 7.78. The zero-order valence-corrected chi connectivity index (χ0v) is 11.8. The van der Waals surface area contributed by atoms with E-state index in [1.54, 1.807) is 0 Å². The van der Waals surface area contributed by atoms with Crippen LogP contribution in [0, 0.1) is 11.8 Å². The van der Waals surface area contributed by atoms with Gasteiger partial charge in [-0.05, 0) is 37.5 Å². The lowest BCUT2D eigenvalue weighted by Gasteiger charge is -2.32. The molecule has 0 aliphatic heterocycles. The first-order chi connectivity index (χ1) is 9.35. The van der Waals surface area contributed by atoms with Crippen LogP contribution < -0.4 is 0 Å². The highest BCUT2D eigenvalue weighted by Gasteiger charge is 2.30. The minimum Gasteiger partial charge on any atom is -0.359 e. The van der Waals surface area contributed by atoms with Gasteiger partial charge >= 0.3 is 0 Å². The molecule has 0 aromatic carbocycles. The van der Waals surface area contributed by atoms with Gasteiger partial charge in [-0.1, -0.05) is 38.5 Å². The first-order valence-electron chi connectivity index (χ1n) is 7.91. The highest BCUT2D eigenvalue weighted by Crippen LogP contribution is 2.31. The van der Waals surface area contributed by atoms with Crippen molar-refractivity contribution in [2.24, 2.45) is 11.8 Å². The molecule has 19 heavy (non-hydrogen) atoms. The molecule has 108 valence electrons. The Bertz CT molecular complexity index is 250. The maximum atomic E-state index is 11.3. The standard InChI is InChI=1S/C16H26O3/c17-11-15(13-7-3-1-4-8-13)19-16(12-18)14-9-5-2-6-10-14/h11-16H,1-10H2. The zero-order valence-electron chi connectivity index (χ0n) is 11.8. The van der Waals surface area contributed by atoms with Crippen molar-refractivity contribution in [1.29, 1.82) is 0 Å². The van der Waals surface area contributed by atoms with Gasteiger partial charge in [0, 0.05) is 0 Å². The first-order valence-corrected chi connectivity index (χ1v) is 7.91. The fourth-order valence-electron chi connectivity index (χ4n) is 3.62. The van der Waals surface area contributed by atoms with Gasteiger partial charge in [0.05, 0.1) is 0 Å². The molecule has 0 bridgehead atoms. The molecule has 2 aliphatic rings. The molecule has 0 aromatic heterocycles. The first kappa shape index (κ1) is 14.7. The molecule has 0 amide bonds. The third kappa shape index (κ3) is 4.13. The predicted octanol–water partition coefficient (Wildman–Crippen LogP) is 3.30. The predicted molar refractivity (Wildman–Crippen MR) is 73.9 cm³/mol. The Kier molecular flexibility index (Phi) is 6.02. The van der Waals surface area contributed by atoms with Gasteiger partial charge in [-0.2, -0.15) is 0 Å². The zero-order chi connectivity index (χ0) is 13.5. The van der Waals surface area contributed by atoms with Gasteiger partial charge in [0.2, 0.25) is 0 Å². The van der Waals surface area contributed by atoms with E-state index in [0.717, 1.165) is 38.3 Å². The fourth-order valence-corrected chi connectivity index (χ4v) is 3.62. The molecule has 2 unspecified atom stereocenters. The molecule has 0 heterocycles. The lowest BCUT2D eigenvalue weighted by molar-refractivity contribution is -0.140. The van der Waals surface area contributed by atoms with Crippen molar-refractivity contribution in [3.8, 4) is 0 Å². The summed E-state index contributed by atoms with van der Waals surface area (Å²) in [5.41, 5.74) is 0. The quantitative estimate of drug-likeness (QED) is 0.693. The SMILES string of the molecule is O=CC(OC(C=O)C1CCCCC1)C1CCCCC1. The van der Waals surface area contributed by atoms with Gasteiger partial charge < -0.3 is 14.3 Å². The molecule has 0 saturated heterocycles. The molecule has 2 aliphatic carbocycles. The van der Waals surface area contributed by atoms with E-state index in [-0.39, 0.29) is 12.2 Å². The second-order valence-electron chi connectivity index (χ2n) is 6.13. The maximum absolute atomic E-state index is 11.3. The number of hydrogen-bond acceptors (Lipinski definition) is 3.